The van der Waals surface area contributed by atoms with Crippen molar-refractivity contribution in [2.24, 2.45) is 0 Å². The highest BCUT2D eigenvalue weighted by atomic mass is 16.5. The Morgan fingerprint density at radius 1 is 0.419 bits per heavy atom. The average Bonchev–Trinajstić information content (AvgIpc) is 2.99. The van der Waals surface area contributed by atoms with Crippen LogP contribution >= 0.6 is 0 Å². The van der Waals surface area contributed by atoms with E-state index in [4.69, 9.17) is 9.84 Å². The van der Waals surface area contributed by atoms with E-state index in [1.54, 1.807) is 0 Å². The number of carboxylic acid groups (broad SMARTS) is 1. The summed E-state index contributed by atoms with van der Waals surface area (Å²) < 4.78 is 5.83. The molecule has 256 valence electrons. The number of hydrogen-bond acceptors (Lipinski definition) is 3. The molecule has 1 N–H and O–H groups in total. The van der Waals surface area contributed by atoms with Gasteiger partial charge in [-0.2, -0.15) is 0 Å². The molecule has 0 saturated carbocycles. The maximum Gasteiger partial charge on any atom is 0.306 e. The summed E-state index contributed by atoms with van der Waals surface area (Å²) in [6.45, 7) is 4.55. The summed E-state index contributed by atoms with van der Waals surface area (Å²) >= 11 is 0. The Labute approximate surface area is 269 Å². The average molecular weight is 609 g/mol. The van der Waals surface area contributed by atoms with Crippen LogP contribution in [0.4, 0.5) is 0 Å². The van der Waals surface area contributed by atoms with Gasteiger partial charge in [0, 0.05) is 12.8 Å². The van der Waals surface area contributed by atoms with Gasteiger partial charge in [-0.3, -0.25) is 9.59 Å². The van der Waals surface area contributed by atoms with Crippen LogP contribution in [0.15, 0.2) is 0 Å². The maximum absolute atomic E-state index is 12.5. The quantitative estimate of drug-likeness (QED) is 0.0567. The van der Waals surface area contributed by atoms with Gasteiger partial charge in [-0.15, -0.1) is 0 Å². The fourth-order valence-electron chi connectivity index (χ4n) is 6.20. The molecule has 1 atom stereocenters. The Morgan fingerprint density at radius 3 is 1.07 bits per heavy atom. The van der Waals surface area contributed by atoms with E-state index in [2.05, 4.69) is 13.8 Å². The first-order valence-corrected chi connectivity index (χ1v) is 19.5. The van der Waals surface area contributed by atoms with Crippen LogP contribution in [0, 0.1) is 0 Å². The molecule has 4 heteroatoms. The minimum atomic E-state index is -0.764. The van der Waals surface area contributed by atoms with Crippen molar-refractivity contribution in [2.75, 3.05) is 0 Å². The van der Waals surface area contributed by atoms with E-state index < -0.39 is 5.97 Å². The normalized spacial score (nSPS) is 12.0. The van der Waals surface area contributed by atoms with Crippen molar-refractivity contribution in [3.05, 3.63) is 0 Å². The smallest absolute Gasteiger partial charge is 0.306 e. The SMILES string of the molecule is CCCCCCCCCCCCCCCCCC(CCCC(=O)O)OC(=O)CCCCCCCCCCCCCCCC. The molecule has 0 spiro atoms. The largest absolute Gasteiger partial charge is 0.481 e. The molecule has 4 nitrogen and oxygen atoms in total. The molecule has 43 heavy (non-hydrogen) atoms. The second-order valence-corrected chi connectivity index (χ2v) is 13.5. The monoisotopic (exact) mass is 609 g/mol. The van der Waals surface area contributed by atoms with Crippen molar-refractivity contribution in [1.29, 1.82) is 0 Å². The Morgan fingerprint density at radius 2 is 0.721 bits per heavy atom. The molecule has 0 aliphatic carbocycles. The predicted molar refractivity (Wildman–Crippen MR) is 186 cm³/mol. The van der Waals surface area contributed by atoms with Gasteiger partial charge >= 0.3 is 11.9 Å². The first-order chi connectivity index (χ1) is 21.1. The summed E-state index contributed by atoms with van der Waals surface area (Å²) in [7, 11) is 0. The molecule has 0 amide bonds. The first-order valence-electron chi connectivity index (χ1n) is 19.5. The predicted octanol–water partition coefficient (Wildman–Crippen LogP) is 13.3. The Kier molecular flexibility index (Phi) is 34.5. The number of carboxylic acids is 1. The van der Waals surface area contributed by atoms with Crippen LogP contribution in [-0.2, 0) is 14.3 Å². The fraction of sp³-hybridized carbons (Fsp3) is 0.949. The lowest BCUT2D eigenvalue weighted by Crippen LogP contribution is -2.18. The van der Waals surface area contributed by atoms with E-state index in [-0.39, 0.29) is 18.5 Å². The third kappa shape index (κ3) is 35.3. The number of esters is 1. The van der Waals surface area contributed by atoms with Crippen LogP contribution in [-0.4, -0.2) is 23.1 Å². The lowest BCUT2D eigenvalue weighted by molar-refractivity contribution is -0.150. The Bertz CT molecular complexity index is 576. The van der Waals surface area contributed by atoms with Gasteiger partial charge in [-0.25, -0.2) is 0 Å². The summed E-state index contributed by atoms with van der Waals surface area (Å²) in [6, 6.07) is 0. The molecule has 1 unspecified atom stereocenters. The van der Waals surface area contributed by atoms with Crippen molar-refractivity contribution in [1.82, 2.24) is 0 Å². The van der Waals surface area contributed by atoms with Crippen molar-refractivity contribution < 1.29 is 19.4 Å². The number of carbonyl (C=O) groups is 2. The molecule has 0 bridgehead atoms. The van der Waals surface area contributed by atoms with E-state index >= 15 is 0 Å². The van der Waals surface area contributed by atoms with E-state index in [0.29, 0.717) is 19.3 Å². The molecule has 0 aromatic heterocycles. The number of ether oxygens (including phenoxy) is 1. The van der Waals surface area contributed by atoms with Crippen molar-refractivity contribution in [2.45, 2.75) is 238 Å². The highest BCUT2D eigenvalue weighted by molar-refractivity contribution is 5.69. The fourth-order valence-corrected chi connectivity index (χ4v) is 6.20. The van der Waals surface area contributed by atoms with E-state index in [0.717, 1.165) is 25.7 Å². The van der Waals surface area contributed by atoms with Crippen LogP contribution in [0.2, 0.25) is 0 Å². The van der Waals surface area contributed by atoms with Gasteiger partial charge in [0.2, 0.25) is 0 Å². The summed E-state index contributed by atoms with van der Waals surface area (Å²) in [4.78, 5) is 23.5. The number of unbranched alkanes of at least 4 members (excludes halogenated alkanes) is 27. The highest BCUT2D eigenvalue weighted by Crippen LogP contribution is 2.18. The second-order valence-electron chi connectivity index (χ2n) is 13.5. The van der Waals surface area contributed by atoms with Gasteiger partial charge in [-0.05, 0) is 32.1 Å². The highest BCUT2D eigenvalue weighted by Gasteiger charge is 2.15. The summed E-state index contributed by atoms with van der Waals surface area (Å²) in [5, 5.41) is 9.01. The third-order valence-electron chi connectivity index (χ3n) is 9.08. The zero-order valence-corrected chi connectivity index (χ0v) is 29.3. The zero-order valence-electron chi connectivity index (χ0n) is 29.3. The summed E-state index contributed by atoms with van der Waals surface area (Å²) in [5.41, 5.74) is 0. The van der Waals surface area contributed by atoms with E-state index in [9.17, 15) is 9.59 Å². The minimum Gasteiger partial charge on any atom is -0.481 e. The third-order valence-corrected chi connectivity index (χ3v) is 9.08. The summed E-state index contributed by atoms with van der Waals surface area (Å²) in [5.74, 6) is -0.848. The topological polar surface area (TPSA) is 63.6 Å². The molecule has 0 fully saturated rings. The van der Waals surface area contributed by atoms with E-state index in [1.165, 1.54) is 167 Å². The minimum absolute atomic E-state index is 0.0831. The van der Waals surface area contributed by atoms with Crippen LogP contribution in [0.5, 0.6) is 0 Å². The van der Waals surface area contributed by atoms with Gasteiger partial charge in [0.15, 0.2) is 0 Å². The first kappa shape index (κ1) is 41.9. The molecule has 0 rings (SSSR count). The molecule has 0 aliphatic heterocycles. The van der Waals surface area contributed by atoms with Gasteiger partial charge in [0.05, 0.1) is 0 Å². The number of carbonyl (C=O) groups excluding carboxylic acids is 1. The van der Waals surface area contributed by atoms with Gasteiger partial charge in [-0.1, -0.05) is 187 Å². The van der Waals surface area contributed by atoms with Gasteiger partial charge in [0.1, 0.15) is 6.10 Å². The summed E-state index contributed by atoms with van der Waals surface area (Å²) in [6.07, 6.45) is 41.2. The molecule has 0 radical (unpaired) electrons. The molecule has 0 aliphatic rings. The number of hydrogen-bond donors (Lipinski definition) is 1. The zero-order chi connectivity index (χ0) is 31.5. The Balaban J connectivity index is 3.77. The molecule has 0 heterocycles. The molecule has 0 saturated heterocycles. The van der Waals surface area contributed by atoms with Crippen molar-refractivity contribution >= 4 is 11.9 Å². The van der Waals surface area contributed by atoms with E-state index in [1.807, 2.05) is 0 Å². The number of aliphatic carboxylic acids is 1. The standard InChI is InChI=1S/C39H76O4/c1-3-5-7-9-11-13-15-17-19-20-22-24-26-28-30-33-37(34-32-35-38(40)41)43-39(42)36-31-29-27-25-23-21-18-16-14-12-10-8-6-4-2/h37H,3-36H2,1-2H3,(H,40,41). The van der Waals surface area contributed by atoms with Crippen LogP contribution in [0.3, 0.4) is 0 Å². The lowest BCUT2D eigenvalue weighted by atomic mass is 10.0. The second kappa shape index (κ2) is 35.4. The Hall–Kier alpha value is -1.06. The molecule has 0 aromatic rings. The maximum atomic E-state index is 12.5. The molecular formula is C39H76O4. The number of rotatable bonds is 36. The van der Waals surface area contributed by atoms with Gasteiger partial charge in [0.25, 0.3) is 0 Å². The van der Waals surface area contributed by atoms with Crippen LogP contribution in [0.1, 0.15) is 232 Å². The van der Waals surface area contributed by atoms with Gasteiger partial charge < -0.3 is 9.84 Å². The van der Waals surface area contributed by atoms with Crippen molar-refractivity contribution in [3.63, 3.8) is 0 Å². The molecule has 0 aromatic carbocycles. The van der Waals surface area contributed by atoms with Crippen LogP contribution < -0.4 is 0 Å². The molecular weight excluding hydrogens is 532 g/mol. The lowest BCUT2D eigenvalue weighted by Gasteiger charge is -2.18. The van der Waals surface area contributed by atoms with Crippen molar-refractivity contribution in [3.8, 4) is 0 Å². The van der Waals surface area contributed by atoms with Crippen LogP contribution in [0.25, 0.3) is 0 Å².